The molecule has 0 spiro atoms. The van der Waals surface area contributed by atoms with Crippen LogP contribution in [0.5, 0.6) is 5.75 Å². The van der Waals surface area contributed by atoms with Crippen LogP contribution in [0.1, 0.15) is 29.5 Å². The number of aromatic hydroxyl groups is 1. The second-order valence-electron chi connectivity index (χ2n) is 5.65. The summed E-state index contributed by atoms with van der Waals surface area (Å²) in [5, 5.41) is 23.8. The van der Waals surface area contributed by atoms with Gasteiger partial charge in [-0.3, -0.25) is 19.3 Å². The largest absolute Gasteiger partial charge is 0.506 e. The Morgan fingerprint density at radius 2 is 2.15 bits per heavy atom. The van der Waals surface area contributed by atoms with Gasteiger partial charge >= 0.3 is 0 Å². The first-order chi connectivity index (χ1) is 12.4. The van der Waals surface area contributed by atoms with Crippen molar-refractivity contribution in [1.82, 2.24) is 9.38 Å². The number of hydrogen-bond donors (Lipinski definition) is 2. The number of hydrogen-bond acceptors (Lipinski definition) is 5. The van der Waals surface area contributed by atoms with E-state index < -0.39 is 10.8 Å². The van der Waals surface area contributed by atoms with E-state index in [1.165, 1.54) is 0 Å². The lowest BCUT2D eigenvalue weighted by atomic mass is 10.2. The fourth-order valence-corrected chi connectivity index (χ4v) is 2.80. The number of benzene rings is 1. The molecule has 9 heteroatoms. The van der Waals surface area contributed by atoms with E-state index in [-0.39, 0.29) is 22.8 Å². The lowest BCUT2D eigenvalue weighted by molar-refractivity contribution is -0.384. The minimum Gasteiger partial charge on any atom is -0.506 e. The molecule has 8 nitrogen and oxygen atoms in total. The number of pyridine rings is 1. The van der Waals surface area contributed by atoms with Crippen LogP contribution in [0.3, 0.4) is 0 Å². The van der Waals surface area contributed by atoms with Gasteiger partial charge in [0.1, 0.15) is 17.1 Å². The Kier molecular flexibility index (Phi) is 4.77. The molecule has 3 rings (SSSR count). The number of aromatic nitrogens is 2. The summed E-state index contributed by atoms with van der Waals surface area (Å²) in [4.78, 5) is 27.6. The van der Waals surface area contributed by atoms with Gasteiger partial charge in [-0.25, -0.2) is 4.98 Å². The lowest BCUT2D eigenvalue weighted by Gasteiger charge is -2.09. The van der Waals surface area contributed by atoms with Crippen LogP contribution in [-0.2, 0) is 6.42 Å². The number of nitro groups is 1. The molecule has 3 aromatic rings. The van der Waals surface area contributed by atoms with Crippen LogP contribution in [0, 0.1) is 10.1 Å². The molecule has 26 heavy (non-hydrogen) atoms. The van der Waals surface area contributed by atoms with E-state index in [1.54, 1.807) is 22.7 Å². The van der Waals surface area contributed by atoms with Crippen LogP contribution in [0.2, 0.25) is 5.02 Å². The summed E-state index contributed by atoms with van der Waals surface area (Å²) in [5.74, 6) is -0.813. The number of nitrogens with zero attached hydrogens (tertiary/aromatic N) is 3. The Morgan fingerprint density at radius 1 is 1.38 bits per heavy atom. The number of phenolic OH excluding ortho intramolecular Hbond substituents is 1. The Hall–Kier alpha value is -3.13. The summed E-state index contributed by atoms with van der Waals surface area (Å²) in [6.45, 7) is 1.96. The van der Waals surface area contributed by atoms with Crippen LogP contribution in [0.15, 0.2) is 36.5 Å². The number of fused-ring (bicyclic) bond motifs is 1. The van der Waals surface area contributed by atoms with E-state index in [0.717, 1.165) is 24.6 Å². The Balaban J connectivity index is 2.05. The molecule has 0 aliphatic carbocycles. The summed E-state index contributed by atoms with van der Waals surface area (Å²) >= 11 is 6.03. The predicted octanol–water partition coefficient (Wildman–Crippen LogP) is 3.81. The predicted molar refractivity (Wildman–Crippen MR) is 96.9 cm³/mol. The number of aryl methyl sites for hydroxylation is 1. The molecular formula is C17H15ClN4O4. The van der Waals surface area contributed by atoms with Crippen LogP contribution >= 0.6 is 11.6 Å². The van der Waals surface area contributed by atoms with Crippen molar-refractivity contribution in [3.63, 3.8) is 0 Å². The Bertz CT molecular complexity index is 1020. The van der Waals surface area contributed by atoms with Gasteiger partial charge in [0.25, 0.3) is 11.6 Å². The van der Waals surface area contributed by atoms with Crippen molar-refractivity contribution in [3.8, 4) is 5.75 Å². The molecule has 0 radical (unpaired) electrons. The van der Waals surface area contributed by atoms with Crippen LogP contribution in [0.4, 0.5) is 11.4 Å². The van der Waals surface area contributed by atoms with Gasteiger partial charge < -0.3 is 10.4 Å². The third kappa shape index (κ3) is 3.31. The number of carbonyl (C=O) groups is 1. The van der Waals surface area contributed by atoms with Crippen molar-refractivity contribution in [2.45, 2.75) is 19.8 Å². The topological polar surface area (TPSA) is 110 Å². The van der Waals surface area contributed by atoms with Crippen molar-refractivity contribution in [1.29, 1.82) is 0 Å². The normalized spacial score (nSPS) is 10.8. The molecule has 1 aromatic carbocycles. The minimum absolute atomic E-state index is 0.0522. The number of carbonyl (C=O) groups excluding carboxylic acids is 1. The van der Waals surface area contributed by atoms with Gasteiger partial charge in [0.15, 0.2) is 0 Å². The minimum atomic E-state index is -0.606. The molecule has 2 heterocycles. The highest BCUT2D eigenvalue weighted by Crippen LogP contribution is 2.29. The maximum Gasteiger partial charge on any atom is 0.274 e. The number of anilines is 1. The fraction of sp³-hybridized carbons (Fsp3) is 0.176. The molecule has 0 saturated carbocycles. The first-order valence-electron chi connectivity index (χ1n) is 7.86. The first-order valence-corrected chi connectivity index (χ1v) is 8.23. The van der Waals surface area contributed by atoms with Gasteiger partial charge in [-0.2, -0.15) is 0 Å². The molecule has 134 valence electrons. The van der Waals surface area contributed by atoms with E-state index in [1.807, 2.05) is 6.92 Å². The van der Waals surface area contributed by atoms with Crippen LogP contribution in [-0.4, -0.2) is 25.3 Å². The molecule has 1 amide bonds. The average molecular weight is 375 g/mol. The van der Waals surface area contributed by atoms with Crippen molar-refractivity contribution in [2.75, 3.05) is 5.32 Å². The SMILES string of the molecule is CCCc1nc2ccc(Cl)cn2c1C(=O)Nc1cc([N+](=O)[O-])ccc1O. The summed E-state index contributed by atoms with van der Waals surface area (Å²) in [6.07, 6.45) is 2.92. The standard InChI is InChI=1S/C17H15ClN4O4/c1-2-3-12-16(21-9-10(18)4-7-15(21)19-12)17(24)20-13-8-11(22(25)26)5-6-14(13)23/h4-9,23H,2-3H2,1H3,(H,20,24). The van der Waals surface area contributed by atoms with E-state index in [2.05, 4.69) is 10.3 Å². The maximum atomic E-state index is 12.8. The van der Waals surface area contributed by atoms with Gasteiger partial charge in [-0.05, 0) is 24.6 Å². The van der Waals surface area contributed by atoms with Crippen LogP contribution in [0.25, 0.3) is 5.65 Å². The van der Waals surface area contributed by atoms with Gasteiger partial charge in [-0.15, -0.1) is 0 Å². The highest BCUT2D eigenvalue weighted by atomic mass is 35.5. The van der Waals surface area contributed by atoms with E-state index in [4.69, 9.17) is 11.6 Å². The molecule has 0 unspecified atom stereocenters. The quantitative estimate of drug-likeness (QED) is 0.401. The van der Waals surface area contributed by atoms with Gasteiger partial charge in [-0.1, -0.05) is 24.9 Å². The van der Waals surface area contributed by atoms with Gasteiger partial charge in [0.05, 0.1) is 21.3 Å². The molecule has 0 saturated heterocycles. The van der Waals surface area contributed by atoms with Crippen molar-refractivity contribution in [2.24, 2.45) is 0 Å². The zero-order valence-electron chi connectivity index (χ0n) is 13.8. The van der Waals surface area contributed by atoms with E-state index in [0.29, 0.717) is 22.8 Å². The number of nitro benzene ring substituents is 1. The number of phenols is 1. The highest BCUT2D eigenvalue weighted by molar-refractivity contribution is 6.30. The Morgan fingerprint density at radius 3 is 2.85 bits per heavy atom. The first kappa shape index (κ1) is 17.7. The second-order valence-corrected chi connectivity index (χ2v) is 6.08. The van der Waals surface area contributed by atoms with E-state index >= 15 is 0 Å². The third-order valence-corrected chi connectivity index (χ3v) is 4.02. The number of amides is 1. The smallest absolute Gasteiger partial charge is 0.274 e. The summed E-state index contributed by atoms with van der Waals surface area (Å²) < 4.78 is 1.57. The fourth-order valence-electron chi connectivity index (χ4n) is 2.64. The second kappa shape index (κ2) is 7.01. The molecular weight excluding hydrogens is 360 g/mol. The monoisotopic (exact) mass is 374 g/mol. The van der Waals surface area contributed by atoms with Crippen molar-refractivity contribution in [3.05, 3.63) is 63.1 Å². The zero-order valence-corrected chi connectivity index (χ0v) is 14.5. The van der Waals surface area contributed by atoms with Crippen molar-refractivity contribution >= 4 is 34.5 Å². The lowest BCUT2D eigenvalue weighted by Crippen LogP contribution is -2.16. The molecule has 2 aromatic heterocycles. The zero-order chi connectivity index (χ0) is 18.8. The van der Waals surface area contributed by atoms with E-state index in [9.17, 15) is 20.0 Å². The number of nitrogens with one attached hydrogen (secondary N) is 1. The number of imidazole rings is 1. The summed E-state index contributed by atoms with van der Waals surface area (Å²) in [7, 11) is 0. The highest BCUT2D eigenvalue weighted by Gasteiger charge is 2.21. The number of non-ortho nitro benzene ring substituents is 1. The van der Waals surface area contributed by atoms with Gasteiger partial charge in [0.2, 0.25) is 0 Å². The number of halogens is 1. The summed E-state index contributed by atoms with van der Waals surface area (Å²) in [5.41, 5.74) is 1.12. The molecule has 0 bridgehead atoms. The van der Waals surface area contributed by atoms with Crippen molar-refractivity contribution < 1.29 is 14.8 Å². The van der Waals surface area contributed by atoms with Gasteiger partial charge in [0, 0.05) is 18.3 Å². The Labute approximate surface area is 153 Å². The third-order valence-electron chi connectivity index (χ3n) is 3.80. The average Bonchev–Trinajstić information content (AvgIpc) is 2.94. The molecule has 0 atom stereocenters. The molecule has 0 aliphatic rings. The molecule has 2 N–H and O–H groups in total. The molecule has 0 aliphatic heterocycles. The maximum absolute atomic E-state index is 12.8. The summed E-state index contributed by atoms with van der Waals surface area (Å²) in [6, 6.07) is 6.78. The molecule has 0 fully saturated rings. The number of rotatable bonds is 5. The van der Waals surface area contributed by atoms with Crippen LogP contribution < -0.4 is 5.32 Å².